The Morgan fingerprint density at radius 2 is 1.64 bits per heavy atom. The first-order chi connectivity index (χ1) is 17.7. The Balaban J connectivity index is 1.68. The predicted molar refractivity (Wildman–Crippen MR) is 161 cm³/mol. The molecule has 0 N–H and O–H groups in total. The fourth-order valence-electron chi connectivity index (χ4n) is 5.72. The third kappa shape index (κ3) is 2.95. The van der Waals surface area contributed by atoms with Crippen LogP contribution in [0.25, 0.3) is 70.6 Å². The summed E-state index contributed by atoms with van der Waals surface area (Å²) in [6.07, 6.45) is 6.30. The lowest BCUT2D eigenvalue weighted by molar-refractivity contribution is 1.19. The van der Waals surface area contributed by atoms with Crippen molar-refractivity contribution in [2.45, 2.75) is 13.8 Å². The van der Waals surface area contributed by atoms with Crippen molar-refractivity contribution in [1.82, 2.24) is 4.57 Å². The highest BCUT2D eigenvalue weighted by atomic mass is 32.1. The largest absolute Gasteiger partial charge is 0.309 e. The Bertz CT molecular complexity index is 2030. The van der Waals surface area contributed by atoms with E-state index in [2.05, 4.69) is 122 Å². The van der Waals surface area contributed by atoms with Crippen LogP contribution >= 0.6 is 11.3 Å². The lowest BCUT2D eigenvalue weighted by Crippen LogP contribution is -1.94. The molecule has 7 aromatic rings. The second-order valence-electron chi connectivity index (χ2n) is 9.47. The fraction of sp³-hybridized carbons (Fsp3) is 0.0588. The highest BCUT2D eigenvalue weighted by Gasteiger charge is 2.19. The molecule has 0 spiro atoms. The molecule has 0 fully saturated rings. The van der Waals surface area contributed by atoms with Gasteiger partial charge in [0.25, 0.3) is 0 Å². The molecule has 0 aliphatic heterocycles. The molecule has 0 aliphatic rings. The molecular weight excluding hydrogens is 454 g/mol. The van der Waals surface area contributed by atoms with E-state index in [1.54, 1.807) is 0 Å². The van der Waals surface area contributed by atoms with Gasteiger partial charge in [-0.25, -0.2) is 0 Å². The van der Waals surface area contributed by atoms with Crippen LogP contribution in [0.15, 0.2) is 97.6 Å². The van der Waals surface area contributed by atoms with Crippen molar-refractivity contribution < 1.29 is 0 Å². The molecule has 0 saturated heterocycles. The third-order valence-electron chi connectivity index (χ3n) is 7.31. The van der Waals surface area contributed by atoms with Gasteiger partial charge in [0.1, 0.15) is 0 Å². The highest BCUT2D eigenvalue weighted by Crippen LogP contribution is 2.41. The van der Waals surface area contributed by atoms with Crippen LogP contribution in [0, 0.1) is 6.92 Å². The molecule has 0 amide bonds. The SMILES string of the molecule is C=Cc1ccc2c(c1/C=C\C)c1ccc3ccccc3c1n2-c1ccc2sc3cc(C)ccc3c2c1. The molecule has 0 bridgehead atoms. The average molecular weight is 480 g/mol. The molecule has 5 aromatic carbocycles. The van der Waals surface area contributed by atoms with Crippen LogP contribution in [-0.4, -0.2) is 4.57 Å². The minimum absolute atomic E-state index is 1.16. The molecular formula is C34H25NS. The summed E-state index contributed by atoms with van der Waals surface area (Å²) in [5.74, 6) is 0. The van der Waals surface area contributed by atoms with Crippen LogP contribution < -0.4 is 0 Å². The van der Waals surface area contributed by atoms with E-state index in [-0.39, 0.29) is 0 Å². The standard InChI is InChI=1S/C34H25NS/c1-4-8-25-22(5-2)13-17-30-33(25)28-16-12-23-9-6-7-10-26(23)34(28)35(30)24-14-18-31-29(20-24)27-15-11-21(3)19-32(27)36-31/h4-20H,2H2,1,3H3/b8-4-. The maximum Gasteiger partial charge on any atom is 0.0619 e. The van der Waals surface area contributed by atoms with Crippen molar-refractivity contribution in [2.24, 2.45) is 0 Å². The fourth-order valence-corrected chi connectivity index (χ4v) is 6.90. The molecule has 0 saturated carbocycles. The second-order valence-corrected chi connectivity index (χ2v) is 10.6. The average Bonchev–Trinajstić information content (AvgIpc) is 3.43. The molecule has 2 aromatic heterocycles. The lowest BCUT2D eigenvalue weighted by Gasteiger charge is -2.11. The summed E-state index contributed by atoms with van der Waals surface area (Å²) in [5.41, 5.74) is 7.35. The number of hydrogen-bond acceptors (Lipinski definition) is 1. The maximum absolute atomic E-state index is 4.10. The summed E-state index contributed by atoms with van der Waals surface area (Å²) >= 11 is 1.88. The summed E-state index contributed by atoms with van der Waals surface area (Å²) in [7, 11) is 0. The van der Waals surface area contributed by atoms with Crippen LogP contribution in [0.1, 0.15) is 23.6 Å². The predicted octanol–water partition coefficient (Wildman–Crippen LogP) is 10.3. The zero-order chi connectivity index (χ0) is 24.4. The van der Waals surface area contributed by atoms with E-state index in [0.29, 0.717) is 0 Å². The Hall–Kier alpha value is -4.14. The van der Waals surface area contributed by atoms with Gasteiger partial charge in [-0.2, -0.15) is 0 Å². The molecule has 2 heterocycles. The summed E-state index contributed by atoms with van der Waals surface area (Å²) in [4.78, 5) is 0. The molecule has 36 heavy (non-hydrogen) atoms. The van der Waals surface area contributed by atoms with Crippen LogP contribution in [-0.2, 0) is 0 Å². The number of benzene rings is 5. The number of aryl methyl sites for hydroxylation is 1. The number of thiophene rings is 1. The first-order valence-electron chi connectivity index (χ1n) is 12.4. The van der Waals surface area contributed by atoms with E-state index in [1.807, 2.05) is 17.4 Å². The van der Waals surface area contributed by atoms with Gasteiger partial charge in [0.05, 0.1) is 11.0 Å². The zero-order valence-electron chi connectivity index (χ0n) is 20.4. The number of fused-ring (bicyclic) bond motifs is 8. The van der Waals surface area contributed by atoms with Crippen molar-refractivity contribution in [1.29, 1.82) is 0 Å². The maximum atomic E-state index is 4.10. The van der Waals surface area contributed by atoms with Gasteiger partial charge < -0.3 is 4.57 Å². The van der Waals surface area contributed by atoms with Crippen LogP contribution in [0.3, 0.4) is 0 Å². The zero-order valence-corrected chi connectivity index (χ0v) is 21.2. The van der Waals surface area contributed by atoms with Gasteiger partial charge in [-0.15, -0.1) is 11.3 Å². The first kappa shape index (κ1) is 21.2. The molecule has 2 heteroatoms. The third-order valence-corrected chi connectivity index (χ3v) is 8.45. The van der Waals surface area contributed by atoms with Crippen LogP contribution in [0.5, 0.6) is 0 Å². The molecule has 0 aliphatic carbocycles. The lowest BCUT2D eigenvalue weighted by atomic mass is 9.98. The van der Waals surface area contributed by atoms with Crippen molar-refractivity contribution in [2.75, 3.05) is 0 Å². The number of allylic oxidation sites excluding steroid dienone is 1. The smallest absolute Gasteiger partial charge is 0.0619 e. The Morgan fingerprint density at radius 3 is 2.50 bits per heavy atom. The van der Waals surface area contributed by atoms with Crippen molar-refractivity contribution in [3.63, 3.8) is 0 Å². The summed E-state index contributed by atoms with van der Waals surface area (Å²) in [6.45, 7) is 8.35. The Labute approximate surface area is 214 Å². The number of hydrogen-bond donors (Lipinski definition) is 0. The Kier molecular flexibility index (Phi) is 4.67. The highest BCUT2D eigenvalue weighted by molar-refractivity contribution is 7.25. The van der Waals surface area contributed by atoms with E-state index >= 15 is 0 Å². The second kappa shape index (κ2) is 7.94. The molecule has 0 unspecified atom stereocenters. The van der Waals surface area contributed by atoms with Gasteiger partial charge in [-0.3, -0.25) is 0 Å². The van der Waals surface area contributed by atoms with Gasteiger partial charge >= 0.3 is 0 Å². The van der Waals surface area contributed by atoms with E-state index in [1.165, 1.54) is 69.6 Å². The molecule has 7 rings (SSSR count). The van der Waals surface area contributed by atoms with Crippen LogP contribution in [0.2, 0.25) is 0 Å². The van der Waals surface area contributed by atoms with Gasteiger partial charge in [0.15, 0.2) is 0 Å². The number of aromatic nitrogens is 1. The first-order valence-corrected chi connectivity index (χ1v) is 13.2. The van der Waals surface area contributed by atoms with E-state index in [9.17, 15) is 0 Å². The van der Waals surface area contributed by atoms with Gasteiger partial charge in [0, 0.05) is 42.0 Å². The monoisotopic (exact) mass is 479 g/mol. The minimum atomic E-state index is 1.16. The molecule has 0 radical (unpaired) electrons. The van der Waals surface area contributed by atoms with Crippen molar-refractivity contribution in [3.8, 4) is 5.69 Å². The molecule has 172 valence electrons. The van der Waals surface area contributed by atoms with Gasteiger partial charge in [-0.05, 0) is 66.3 Å². The minimum Gasteiger partial charge on any atom is -0.309 e. The van der Waals surface area contributed by atoms with Gasteiger partial charge in [0.2, 0.25) is 0 Å². The van der Waals surface area contributed by atoms with E-state index in [4.69, 9.17) is 0 Å². The van der Waals surface area contributed by atoms with Crippen LogP contribution in [0.4, 0.5) is 0 Å². The van der Waals surface area contributed by atoms with E-state index < -0.39 is 0 Å². The van der Waals surface area contributed by atoms with E-state index in [0.717, 1.165) is 5.56 Å². The van der Waals surface area contributed by atoms with Gasteiger partial charge in [-0.1, -0.05) is 79.4 Å². The van der Waals surface area contributed by atoms with Crippen molar-refractivity contribution >= 4 is 76.2 Å². The number of rotatable bonds is 3. The molecule has 1 nitrogen and oxygen atoms in total. The normalized spacial score (nSPS) is 12.2. The topological polar surface area (TPSA) is 4.93 Å². The Morgan fingerprint density at radius 1 is 0.778 bits per heavy atom. The van der Waals surface area contributed by atoms with Crippen molar-refractivity contribution in [3.05, 3.63) is 114 Å². The summed E-state index contributed by atoms with van der Waals surface area (Å²) in [6, 6.07) is 31.4. The summed E-state index contributed by atoms with van der Waals surface area (Å²) < 4.78 is 5.14. The quantitative estimate of drug-likeness (QED) is 0.237. The number of nitrogens with zero attached hydrogens (tertiary/aromatic N) is 1. The summed E-state index contributed by atoms with van der Waals surface area (Å²) in [5, 5.41) is 7.71. The molecule has 0 atom stereocenters.